The predicted molar refractivity (Wildman–Crippen MR) is 47.8 cm³/mol. The van der Waals surface area contributed by atoms with E-state index in [1.807, 2.05) is 0 Å². The molecule has 1 fully saturated rings. The molecule has 0 amide bonds. The minimum absolute atomic E-state index is 0.562. The fourth-order valence-corrected chi connectivity index (χ4v) is 2.05. The summed E-state index contributed by atoms with van der Waals surface area (Å²) in [4.78, 5) is -2.08. The van der Waals surface area contributed by atoms with Gasteiger partial charge in [0.05, 0.1) is 6.04 Å². The molecule has 0 aromatic carbocycles. The van der Waals surface area contributed by atoms with Gasteiger partial charge >= 0.3 is 0 Å². The smallest absolute Gasteiger partial charge is 0.296 e. The summed E-state index contributed by atoms with van der Waals surface area (Å²) in [7, 11) is -4.41. The van der Waals surface area contributed by atoms with Crippen molar-refractivity contribution in [2.24, 2.45) is 0 Å². The first-order valence-corrected chi connectivity index (χ1v) is 5.72. The summed E-state index contributed by atoms with van der Waals surface area (Å²) < 4.78 is 30.4. The van der Waals surface area contributed by atoms with Crippen LogP contribution in [0.1, 0.15) is 26.2 Å². The van der Waals surface area contributed by atoms with Crippen LogP contribution in [-0.4, -0.2) is 35.6 Å². The van der Waals surface area contributed by atoms with E-state index in [4.69, 9.17) is 4.55 Å². The second-order valence-corrected chi connectivity index (χ2v) is 5.31. The highest BCUT2D eigenvalue weighted by molar-refractivity contribution is 7.87. The molecule has 1 rings (SSSR count). The van der Waals surface area contributed by atoms with E-state index in [1.54, 1.807) is 0 Å². The van der Waals surface area contributed by atoms with E-state index in [2.05, 4.69) is 5.32 Å². The van der Waals surface area contributed by atoms with Crippen LogP contribution in [0.15, 0.2) is 0 Å². The predicted octanol–water partition coefficient (Wildman–Crippen LogP) is -0.275. The number of hydrogen-bond acceptors (Lipinski definition) is 4. The molecule has 1 aliphatic heterocycles. The summed E-state index contributed by atoms with van der Waals surface area (Å²) in [5.74, 6) is 0. The van der Waals surface area contributed by atoms with Crippen molar-refractivity contribution in [1.82, 2.24) is 5.32 Å². The van der Waals surface area contributed by atoms with Crippen LogP contribution in [0, 0.1) is 0 Å². The highest BCUT2D eigenvalue weighted by atomic mass is 32.2. The maximum atomic E-state index is 10.8. The monoisotopic (exact) mass is 209 g/mol. The molecule has 0 spiro atoms. The third-order valence-corrected chi connectivity index (χ3v) is 3.81. The maximum absolute atomic E-state index is 10.8. The fraction of sp³-hybridized carbons (Fsp3) is 1.00. The van der Waals surface area contributed by atoms with E-state index in [1.165, 1.54) is 0 Å². The normalized spacial score (nSPS) is 29.6. The van der Waals surface area contributed by atoms with Crippen molar-refractivity contribution in [1.29, 1.82) is 0 Å². The molecular formula is C7H15NO4S. The average molecular weight is 209 g/mol. The van der Waals surface area contributed by atoms with Crippen molar-refractivity contribution < 1.29 is 18.1 Å². The van der Waals surface area contributed by atoms with Gasteiger partial charge in [0.1, 0.15) is 0 Å². The zero-order valence-electron chi connectivity index (χ0n) is 7.52. The van der Waals surface area contributed by atoms with Crippen molar-refractivity contribution in [3.63, 3.8) is 0 Å². The van der Waals surface area contributed by atoms with E-state index in [-0.39, 0.29) is 0 Å². The Bertz CT molecular complexity index is 266. The molecule has 3 N–H and O–H groups in total. The summed E-state index contributed by atoms with van der Waals surface area (Å²) in [5.41, 5.74) is 0. The van der Waals surface area contributed by atoms with Gasteiger partial charge in [-0.3, -0.25) is 4.55 Å². The van der Waals surface area contributed by atoms with Crippen LogP contribution in [0.25, 0.3) is 0 Å². The summed E-state index contributed by atoms with van der Waals surface area (Å²) in [6, 6.07) is -0.573. The van der Waals surface area contributed by atoms with Crippen molar-refractivity contribution in [3.05, 3.63) is 0 Å². The molecule has 0 bridgehead atoms. The van der Waals surface area contributed by atoms with E-state index >= 15 is 0 Å². The van der Waals surface area contributed by atoms with Gasteiger partial charge < -0.3 is 10.4 Å². The molecule has 78 valence electrons. The lowest BCUT2D eigenvalue weighted by atomic mass is 10.0. The van der Waals surface area contributed by atoms with Crippen LogP contribution in [0.4, 0.5) is 0 Å². The van der Waals surface area contributed by atoms with Gasteiger partial charge in [0.2, 0.25) is 4.93 Å². The molecule has 0 aliphatic carbocycles. The molecule has 0 aromatic heterocycles. The van der Waals surface area contributed by atoms with Gasteiger partial charge in [-0.25, -0.2) is 0 Å². The van der Waals surface area contributed by atoms with Crippen LogP contribution in [0.5, 0.6) is 0 Å². The first kappa shape index (κ1) is 10.9. The second-order valence-electron chi connectivity index (χ2n) is 3.53. The summed E-state index contributed by atoms with van der Waals surface area (Å²) in [6.45, 7) is 1.79. The zero-order valence-corrected chi connectivity index (χ0v) is 8.34. The van der Waals surface area contributed by atoms with Crippen molar-refractivity contribution in [2.75, 3.05) is 6.54 Å². The minimum atomic E-state index is -4.41. The van der Waals surface area contributed by atoms with Crippen molar-refractivity contribution in [2.45, 2.75) is 37.2 Å². The SMILES string of the molecule is CC(O)(C1CCCCN1)S(=O)(=O)O. The fourth-order valence-electron chi connectivity index (χ4n) is 1.49. The molecule has 0 radical (unpaired) electrons. The van der Waals surface area contributed by atoms with Crippen molar-refractivity contribution >= 4 is 10.1 Å². The highest BCUT2D eigenvalue weighted by Crippen LogP contribution is 2.23. The lowest BCUT2D eigenvalue weighted by molar-refractivity contribution is 0.0766. The molecule has 1 saturated heterocycles. The third-order valence-electron chi connectivity index (χ3n) is 2.48. The summed E-state index contributed by atoms with van der Waals surface area (Å²) in [6.07, 6.45) is 2.40. The largest absolute Gasteiger partial charge is 0.371 e. The number of rotatable bonds is 2. The quantitative estimate of drug-likeness (QED) is 0.545. The van der Waals surface area contributed by atoms with Crippen LogP contribution < -0.4 is 5.32 Å². The Morgan fingerprint density at radius 2 is 2.08 bits per heavy atom. The molecule has 13 heavy (non-hydrogen) atoms. The van der Waals surface area contributed by atoms with Gasteiger partial charge in [-0.15, -0.1) is 0 Å². The molecule has 0 aromatic rings. The Labute approximate surface area is 77.9 Å². The Balaban J connectivity index is 2.79. The van der Waals surface area contributed by atoms with Crippen molar-refractivity contribution in [3.8, 4) is 0 Å². The van der Waals surface area contributed by atoms with Gasteiger partial charge in [0.25, 0.3) is 10.1 Å². The first-order chi connectivity index (χ1) is 5.86. The molecular weight excluding hydrogens is 194 g/mol. The Hall–Kier alpha value is -0.170. The number of nitrogens with one attached hydrogen (secondary N) is 1. The van der Waals surface area contributed by atoms with E-state index in [0.29, 0.717) is 13.0 Å². The summed E-state index contributed by atoms with van der Waals surface area (Å²) >= 11 is 0. The van der Waals surface area contributed by atoms with E-state index < -0.39 is 21.1 Å². The van der Waals surface area contributed by atoms with Crippen LogP contribution in [0.3, 0.4) is 0 Å². The van der Waals surface area contributed by atoms with Gasteiger partial charge in [0.15, 0.2) is 0 Å². The maximum Gasteiger partial charge on any atom is 0.296 e. The second kappa shape index (κ2) is 3.53. The molecule has 6 heteroatoms. The number of hydrogen-bond donors (Lipinski definition) is 3. The lowest BCUT2D eigenvalue weighted by Gasteiger charge is -2.33. The van der Waals surface area contributed by atoms with Gasteiger partial charge in [-0.1, -0.05) is 6.42 Å². The average Bonchev–Trinajstić information content (AvgIpc) is 2.04. The Morgan fingerprint density at radius 3 is 2.46 bits per heavy atom. The van der Waals surface area contributed by atoms with Gasteiger partial charge in [-0.05, 0) is 26.3 Å². The number of piperidine rings is 1. The molecule has 5 nitrogen and oxygen atoms in total. The standard InChI is InChI=1S/C7H15NO4S/c1-7(9,13(10,11)12)6-4-2-3-5-8-6/h6,8-9H,2-5H2,1H3,(H,10,11,12). The zero-order chi connectivity index (χ0) is 10.1. The van der Waals surface area contributed by atoms with E-state index in [0.717, 1.165) is 19.8 Å². The van der Waals surface area contributed by atoms with Gasteiger partial charge in [-0.2, -0.15) is 8.42 Å². The van der Waals surface area contributed by atoms with Crippen LogP contribution in [0.2, 0.25) is 0 Å². The molecule has 2 atom stereocenters. The Kier molecular flexibility index (Phi) is 2.96. The van der Waals surface area contributed by atoms with Crippen LogP contribution in [-0.2, 0) is 10.1 Å². The molecule has 2 unspecified atom stereocenters. The highest BCUT2D eigenvalue weighted by Gasteiger charge is 2.43. The summed E-state index contributed by atoms with van der Waals surface area (Å²) in [5, 5.41) is 12.5. The molecule has 0 saturated carbocycles. The van der Waals surface area contributed by atoms with Crippen LogP contribution >= 0.6 is 0 Å². The van der Waals surface area contributed by atoms with Gasteiger partial charge in [0, 0.05) is 0 Å². The molecule has 1 heterocycles. The molecule has 1 aliphatic rings. The first-order valence-electron chi connectivity index (χ1n) is 4.28. The lowest BCUT2D eigenvalue weighted by Crippen LogP contribution is -2.55. The minimum Gasteiger partial charge on any atom is -0.371 e. The van der Waals surface area contributed by atoms with E-state index in [9.17, 15) is 13.5 Å². The topological polar surface area (TPSA) is 86.6 Å². The number of aliphatic hydroxyl groups is 1. The Morgan fingerprint density at radius 1 is 1.46 bits per heavy atom. The third kappa shape index (κ3) is 2.19.